The van der Waals surface area contributed by atoms with Gasteiger partial charge in [-0.2, -0.15) is 0 Å². The first-order valence-corrected chi connectivity index (χ1v) is 5.28. The fourth-order valence-electron chi connectivity index (χ4n) is 1.54. The van der Waals surface area contributed by atoms with Gasteiger partial charge in [0, 0.05) is 6.07 Å². The summed E-state index contributed by atoms with van der Waals surface area (Å²) in [6, 6.07) is 4.82. The first-order chi connectivity index (χ1) is 8.06. The fraction of sp³-hybridized carbons (Fsp3) is 0.250. The Balaban J connectivity index is 2.11. The van der Waals surface area contributed by atoms with Crippen LogP contribution in [-0.4, -0.2) is 5.16 Å². The number of nitrogens with two attached hydrogens (primary N) is 1. The van der Waals surface area contributed by atoms with Crippen molar-refractivity contribution in [3.8, 4) is 0 Å². The quantitative estimate of drug-likeness (QED) is 0.803. The Morgan fingerprint density at radius 3 is 2.76 bits per heavy atom. The summed E-state index contributed by atoms with van der Waals surface area (Å²) >= 11 is 0. The molecule has 0 radical (unpaired) electrons. The summed E-state index contributed by atoms with van der Waals surface area (Å²) in [6.45, 7) is 4.01. The largest absolute Gasteiger partial charge is 0.397 e. The zero-order valence-corrected chi connectivity index (χ0v) is 9.75. The molecule has 0 aliphatic rings. The van der Waals surface area contributed by atoms with Gasteiger partial charge in [0.1, 0.15) is 17.3 Å². The van der Waals surface area contributed by atoms with Crippen LogP contribution < -0.4 is 11.1 Å². The number of benzene rings is 1. The maximum atomic E-state index is 13.2. The SMILES string of the molecule is Cc1cc(CNc2cc(C)c(F)cc2N)no1. The molecule has 4 nitrogen and oxygen atoms in total. The molecular weight excluding hydrogens is 221 g/mol. The molecule has 0 spiro atoms. The topological polar surface area (TPSA) is 64.1 Å². The number of halogens is 1. The number of hydrogen-bond donors (Lipinski definition) is 2. The normalized spacial score (nSPS) is 10.5. The summed E-state index contributed by atoms with van der Waals surface area (Å²) in [7, 11) is 0. The number of aryl methyl sites for hydroxylation is 2. The van der Waals surface area contributed by atoms with Crippen molar-refractivity contribution >= 4 is 11.4 Å². The van der Waals surface area contributed by atoms with E-state index in [1.54, 1.807) is 13.0 Å². The van der Waals surface area contributed by atoms with Crippen LogP contribution in [0.3, 0.4) is 0 Å². The van der Waals surface area contributed by atoms with E-state index in [9.17, 15) is 4.39 Å². The second-order valence-electron chi connectivity index (χ2n) is 3.97. The Hall–Kier alpha value is -2.04. The minimum atomic E-state index is -0.301. The molecule has 2 aromatic rings. The summed E-state index contributed by atoms with van der Waals surface area (Å²) in [5.74, 6) is 0.454. The van der Waals surface area contributed by atoms with E-state index in [1.807, 2.05) is 13.0 Å². The van der Waals surface area contributed by atoms with Crippen LogP contribution in [0.25, 0.3) is 0 Å². The van der Waals surface area contributed by atoms with E-state index in [1.165, 1.54) is 6.07 Å². The van der Waals surface area contributed by atoms with Crippen LogP contribution in [0.15, 0.2) is 22.7 Å². The molecule has 1 aromatic heterocycles. The number of nitrogens with one attached hydrogen (secondary N) is 1. The third kappa shape index (κ3) is 2.55. The summed E-state index contributed by atoms with van der Waals surface area (Å²) in [5.41, 5.74) is 8.13. The molecule has 0 atom stereocenters. The van der Waals surface area contributed by atoms with Crippen molar-refractivity contribution in [2.45, 2.75) is 20.4 Å². The number of aromatic nitrogens is 1. The van der Waals surface area contributed by atoms with E-state index >= 15 is 0 Å². The molecule has 1 aromatic carbocycles. The number of nitrogen functional groups attached to an aromatic ring is 1. The smallest absolute Gasteiger partial charge is 0.133 e. The highest BCUT2D eigenvalue weighted by atomic mass is 19.1. The van der Waals surface area contributed by atoms with Crippen molar-refractivity contribution < 1.29 is 8.91 Å². The van der Waals surface area contributed by atoms with Gasteiger partial charge in [-0.15, -0.1) is 0 Å². The maximum absolute atomic E-state index is 13.2. The minimum absolute atomic E-state index is 0.301. The Morgan fingerprint density at radius 1 is 1.35 bits per heavy atom. The van der Waals surface area contributed by atoms with Crippen LogP contribution >= 0.6 is 0 Å². The number of rotatable bonds is 3. The van der Waals surface area contributed by atoms with Crippen LogP contribution in [0.2, 0.25) is 0 Å². The van der Waals surface area contributed by atoms with E-state index in [-0.39, 0.29) is 5.82 Å². The van der Waals surface area contributed by atoms with Crippen LogP contribution in [0.1, 0.15) is 17.0 Å². The molecule has 0 amide bonds. The molecule has 90 valence electrons. The standard InChI is InChI=1S/C12H14FN3O/c1-7-3-12(11(14)5-10(7)13)15-6-9-4-8(2)17-16-9/h3-5,15H,6,14H2,1-2H3. The molecule has 0 aliphatic heterocycles. The summed E-state index contributed by atoms with van der Waals surface area (Å²) < 4.78 is 18.1. The molecule has 0 saturated carbocycles. The Morgan fingerprint density at radius 2 is 2.12 bits per heavy atom. The van der Waals surface area contributed by atoms with Gasteiger partial charge in [-0.1, -0.05) is 5.16 Å². The lowest BCUT2D eigenvalue weighted by molar-refractivity contribution is 0.391. The maximum Gasteiger partial charge on any atom is 0.133 e. The van der Waals surface area contributed by atoms with Gasteiger partial charge in [0.15, 0.2) is 0 Å². The molecule has 0 saturated heterocycles. The zero-order valence-electron chi connectivity index (χ0n) is 9.75. The van der Waals surface area contributed by atoms with Crippen molar-refractivity contribution in [3.63, 3.8) is 0 Å². The molecule has 2 rings (SSSR count). The molecule has 1 heterocycles. The van der Waals surface area contributed by atoms with Crippen molar-refractivity contribution in [2.75, 3.05) is 11.1 Å². The monoisotopic (exact) mass is 235 g/mol. The highest BCUT2D eigenvalue weighted by Crippen LogP contribution is 2.23. The van der Waals surface area contributed by atoms with E-state index in [4.69, 9.17) is 10.3 Å². The highest BCUT2D eigenvalue weighted by molar-refractivity contribution is 5.67. The van der Waals surface area contributed by atoms with Crippen LogP contribution in [0.5, 0.6) is 0 Å². The third-order valence-electron chi connectivity index (χ3n) is 2.47. The van der Waals surface area contributed by atoms with Crippen LogP contribution in [-0.2, 0) is 6.54 Å². The second-order valence-corrected chi connectivity index (χ2v) is 3.97. The molecule has 0 bridgehead atoms. The third-order valence-corrected chi connectivity index (χ3v) is 2.47. The first kappa shape index (κ1) is 11.4. The predicted octanol–water partition coefficient (Wildman–Crippen LogP) is 2.62. The van der Waals surface area contributed by atoms with E-state index in [0.29, 0.717) is 23.5 Å². The van der Waals surface area contributed by atoms with Crippen LogP contribution in [0, 0.1) is 19.7 Å². The minimum Gasteiger partial charge on any atom is -0.397 e. The van der Waals surface area contributed by atoms with Gasteiger partial charge in [0.25, 0.3) is 0 Å². The Kier molecular flexibility index (Phi) is 2.99. The summed E-state index contributed by atoms with van der Waals surface area (Å²) in [5, 5.41) is 6.94. The van der Waals surface area contributed by atoms with E-state index in [0.717, 1.165) is 11.5 Å². The average Bonchev–Trinajstić information content (AvgIpc) is 2.68. The predicted molar refractivity (Wildman–Crippen MR) is 64.1 cm³/mol. The van der Waals surface area contributed by atoms with Crippen molar-refractivity contribution in [1.29, 1.82) is 0 Å². The van der Waals surface area contributed by atoms with E-state index in [2.05, 4.69) is 10.5 Å². The van der Waals surface area contributed by atoms with Crippen molar-refractivity contribution in [2.24, 2.45) is 0 Å². The molecule has 3 N–H and O–H groups in total. The number of hydrogen-bond acceptors (Lipinski definition) is 4. The van der Waals surface area contributed by atoms with Gasteiger partial charge in [0.2, 0.25) is 0 Å². The first-order valence-electron chi connectivity index (χ1n) is 5.28. The van der Waals surface area contributed by atoms with Gasteiger partial charge in [-0.25, -0.2) is 4.39 Å². The Labute approximate surface area is 98.6 Å². The van der Waals surface area contributed by atoms with Gasteiger partial charge < -0.3 is 15.6 Å². The molecule has 0 fully saturated rings. The number of anilines is 2. The molecule has 5 heteroatoms. The molecular formula is C12H14FN3O. The van der Waals surface area contributed by atoms with Crippen molar-refractivity contribution in [1.82, 2.24) is 5.16 Å². The molecule has 0 aliphatic carbocycles. The summed E-state index contributed by atoms with van der Waals surface area (Å²) in [4.78, 5) is 0. The van der Waals surface area contributed by atoms with Gasteiger partial charge >= 0.3 is 0 Å². The zero-order chi connectivity index (χ0) is 12.4. The lowest BCUT2D eigenvalue weighted by Gasteiger charge is -2.09. The molecule has 0 unspecified atom stereocenters. The lowest BCUT2D eigenvalue weighted by Crippen LogP contribution is -2.03. The highest BCUT2D eigenvalue weighted by Gasteiger charge is 2.06. The summed E-state index contributed by atoms with van der Waals surface area (Å²) in [6.07, 6.45) is 0. The lowest BCUT2D eigenvalue weighted by atomic mass is 10.2. The van der Waals surface area contributed by atoms with Crippen LogP contribution in [0.4, 0.5) is 15.8 Å². The van der Waals surface area contributed by atoms with Crippen molar-refractivity contribution in [3.05, 3.63) is 41.0 Å². The second kappa shape index (κ2) is 4.45. The van der Waals surface area contributed by atoms with Gasteiger partial charge in [0.05, 0.1) is 17.9 Å². The number of nitrogens with zero attached hydrogens (tertiary/aromatic N) is 1. The fourth-order valence-corrected chi connectivity index (χ4v) is 1.54. The molecule has 17 heavy (non-hydrogen) atoms. The van der Waals surface area contributed by atoms with Gasteiger partial charge in [-0.05, 0) is 31.5 Å². The average molecular weight is 235 g/mol. The van der Waals surface area contributed by atoms with Gasteiger partial charge in [-0.3, -0.25) is 0 Å². The Bertz CT molecular complexity index is 537. The van der Waals surface area contributed by atoms with E-state index < -0.39 is 0 Å².